The summed E-state index contributed by atoms with van der Waals surface area (Å²) in [6, 6.07) is 5.06. The molecule has 0 spiro atoms. The molecular weight excluding hydrogens is 829 g/mol. The predicted octanol–water partition coefficient (Wildman–Crippen LogP) is 6.92. The van der Waals surface area contributed by atoms with E-state index in [1.54, 1.807) is 64.0 Å². The Balaban J connectivity index is 2.22. The van der Waals surface area contributed by atoms with Gasteiger partial charge in [-0.05, 0) is 95.5 Å². The van der Waals surface area contributed by atoms with E-state index >= 15 is 0 Å². The van der Waals surface area contributed by atoms with Gasteiger partial charge in [-0.1, -0.05) is 80.9 Å². The number of amides is 5. The van der Waals surface area contributed by atoms with Crippen LogP contribution in [0, 0.1) is 35.5 Å². The number of methoxy groups -OCH3 is 2. The zero-order valence-electron chi connectivity index (χ0n) is 42.9. The van der Waals surface area contributed by atoms with Gasteiger partial charge in [0.1, 0.15) is 17.4 Å². The highest BCUT2D eigenvalue weighted by atomic mass is 16.6. The van der Waals surface area contributed by atoms with E-state index in [1.807, 2.05) is 93.4 Å². The van der Waals surface area contributed by atoms with Gasteiger partial charge in [0.15, 0.2) is 0 Å². The molecule has 1 heterocycles. The largest absolute Gasteiger partial charge is 0.444 e. The van der Waals surface area contributed by atoms with E-state index in [1.165, 1.54) is 0 Å². The van der Waals surface area contributed by atoms with Crippen molar-refractivity contribution in [1.29, 1.82) is 0 Å². The third kappa shape index (κ3) is 17.3. The summed E-state index contributed by atoms with van der Waals surface area (Å²) in [5.41, 5.74) is 0.767. The van der Waals surface area contributed by atoms with Crippen molar-refractivity contribution in [2.45, 2.75) is 170 Å². The Morgan fingerprint density at radius 3 is 1.95 bits per heavy atom. The second-order valence-corrected chi connectivity index (χ2v) is 20.5. The fourth-order valence-electron chi connectivity index (χ4n) is 9.19. The topological polar surface area (TPSA) is 176 Å². The maximum Gasteiger partial charge on any atom is 0.412 e. The number of carbonyl (C=O) groups excluding carboxylic acids is 6. The zero-order chi connectivity index (χ0) is 49.5. The van der Waals surface area contributed by atoms with Gasteiger partial charge in [0.2, 0.25) is 23.6 Å². The normalized spacial score (nSPS) is 18.1. The van der Waals surface area contributed by atoms with E-state index in [0.717, 1.165) is 18.4 Å². The van der Waals surface area contributed by atoms with Crippen LogP contribution in [0.2, 0.25) is 0 Å². The molecule has 0 bridgehead atoms. The molecule has 370 valence electrons. The predicted molar refractivity (Wildman–Crippen MR) is 256 cm³/mol. The molecule has 0 aromatic heterocycles. The van der Waals surface area contributed by atoms with Crippen molar-refractivity contribution < 1.29 is 43.0 Å². The van der Waals surface area contributed by atoms with Gasteiger partial charge in [-0.15, -0.1) is 0 Å². The third-order valence-corrected chi connectivity index (χ3v) is 12.7. The number of nitrogens with zero attached hydrogens (tertiary/aromatic N) is 3. The van der Waals surface area contributed by atoms with Crippen LogP contribution in [-0.4, -0.2) is 134 Å². The van der Waals surface area contributed by atoms with Gasteiger partial charge in [-0.3, -0.25) is 34.2 Å². The first-order valence-electron chi connectivity index (χ1n) is 23.8. The maximum atomic E-state index is 14.4. The number of nitrogens with one attached hydrogen (secondary N) is 3. The lowest BCUT2D eigenvalue weighted by atomic mass is 9.84. The number of likely N-dealkylation sites (N-methyl/N-ethyl adjacent to an activating group) is 2. The molecule has 0 saturated carbocycles. The smallest absolute Gasteiger partial charge is 0.412 e. The standard InChI is InChI=1S/C50H86N6O9/c1-18-33(8)44(55(15)48(61)42(31(4)5)53-47(60)43(32(6)7)54(13)14)40(63-16)28-41(58)56-25-19-20-38(56)45(64-17)34(9)39(57)27-36(26-30(2)3)46(59)51-29-35-21-23-37(24-22-35)52-49(62)65-50(10,11)12/h21-24,30-34,36,38,40,42-45H,18-20,25-29H2,1-17H3,(H,51,59)(H,52,62)(H,53,60)/t33-,34-,36+,38-,40+,42-,43-,44-,45+/m0/s1. The molecular formula is C50H86N6O9. The molecule has 3 N–H and O–H groups in total. The minimum atomic E-state index is -0.780. The monoisotopic (exact) mass is 915 g/mol. The molecule has 0 radical (unpaired) electrons. The summed E-state index contributed by atoms with van der Waals surface area (Å²) in [7, 11) is 8.56. The molecule has 1 fully saturated rings. The first kappa shape index (κ1) is 57.0. The van der Waals surface area contributed by atoms with E-state index in [-0.39, 0.29) is 78.5 Å². The van der Waals surface area contributed by atoms with Crippen molar-refractivity contribution in [1.82, 2.24) is 25.3 Å². The number of ketones is 1. The Hall–Kier alpha value is -4.08. The Labute approximate surface area is 391 Å². The number of Topliss-reactive ketones (excluding diaryl/α,β-unsaturated/α-hetero) is 1. The van der Waals surface area contributed by atoms with Crippen LogP contribution in [0.1, 0.15) is 127 Å². The van der Waals surface area contributed by atoms with Gasteiger partial charge in [0.25, 0.3) is 0 Å². The van der Waals surface area contributed by atoms with Gasteiger partial charge in [-0.2, -0.15) is 0 Å². The van der Waals surface area contributed by atoms with Gasteiger partial charge < -0.3 is 34.6 Å². The fraction of sp³-hybridized carbons (Fsp3) is 0.760. The van der Waals surface area contributed by atoms with Crippen LogP contribution in [0.15, 0.2) is 24.3 Å². The van der Waals surface area contributed by atoms with E-state index < -0.39 is 53.9 Å². The van der Waals surface area contributed by atoms with E-state index in [0.29, 0.717) is 25.1 Å². The number of rotatable bonds is 25. The molecule has 1 saturated heterocycles. The van der Waals surface area contributed by atoms with Crippen molar-refractivity contribution in [3.05, 3.63) is 29.8 Å². The van der Waals surface area contributed by atoms with Crippen LogP contribution >= 0.6 is 0 Å². The molecule has 15 nitrogen and oxygen atoms in total. The number of hydrogen-bond donors (Lipinski definition) is 3. The Bertz CT molecular complexity index is 1690. The summed E-state index contributed by atoms with van der Waals surface area (Å²) in [6.07, 6.45) is 0.843. The van der Waals surface area contributed by atoms with E-state index in [2.05, 4.69) is 16.0 Å². The van der Waals surface area contributed by atoms with Gasteiger partial charge in [0, 0.05) is 58.3 Å². The fourth-order valence-corrected chi connectivity index (χ4v) is 9.19. The van der Waals surface area contributed by atoms with Crippen molar-refractivity contribution in [3.8, 4) is 0 Å². The molecule has 15 heteroatoms. The van der Waals surface area contributed by atoms with E-state index in [4.69, 9.17) is 14.2 Å². The number of likely N-dealkylation sites (tertiary alicyclic amines) is 1. The van der Waals surface area contributed by atoms with Crippen LogP contribution in [0.5, 0.6) is 0 Å². The molecule has 1 aliphatic rings. The van der Waals surface area contributed by atoms with Crippen LogP contribution in [-0.2, 0) is 44.7 Å². The highest BCUT2D eigenvalue weighted by Gasteiger charge is 2.43. The van der Waals surface area contributed by atoms with Gasteiger partial charge >= 0.3 is 6.09 Å². The summed E-state index contributed by atoms with van der Waals surface area (Å²) in [5.74, 6) is -2.15. The van der Waals surface area contributed by atoms with Crippen molar-refractivity contribution in [3.63, 3.8) is 0 Å². The quantitative estimate of drug-likeness (QED) is 0.0934. The number of benzene rings is 1. The summed E-state index contributed by atoms with van der Waals surface area (Å²) in [6.45, 7) is 23.8. The second kappa shape index (κ2) is 26.3. The molecule has 65 heavy (non-hydrogen) atoms. The van der Waals surface area contributed by atoms with Gasteiger partial charge in [0.05, 0.1) is 36.8 Å². The number of hydrogen-bond acceptors (Lipinski definition) is 10. The molecule has 5 amide bonds. The lowest BCUT2D eigenvalue weighted by molar-refractivity contribution is -0.148. The Morgan fingerprint density at radius 1 is 0.846 bits per heavy atom. The molecule has 2 rings (SSSR count). The van der Waals surface area contributed by atoms with Crippen LogP contribution in [0.4, 0.5) is 10.5 Å². The molecule has 1 aliphatic heterocycles. The van der Waals surface area contributed by atoms with Gasteiger partial charge in [-0.25, -0.2) is 4.79 Å². The zero-order valence-corrected chi connectivity index (χ0v) is 42.9. The summed E-state index contributed by atoms with van der Waals surface area (Å²) in [5, 5.41) is 8.76. The van der Waals surface area contributed by atoms with Crippen LogP contribution in [0.3, 0.4) is 0 Å². The number of carbonyl (C=O) groups is 6. The Kier molecular flexibility index (Phi) is 23.1. The number of anilines is 1. The lowest BCUT2D eigenvalue weighted by Crippen LogP contribution is -2.59. The van der Waals surface area contributed by atoms with Crippen molar-refractivity contribution in [2.75, 3.05) is 47.2 Å². The van der Waals surface area contributed by atoms with Crippen molar-refractivity contribution >= 4 is 41.2 Å². The first-order chi connectivity index (χ1) is 30.3. The molecule has 1 aromatic rings. The summed E-state index contributed by atoms with van der Waals surface area (Å²) < 4.78 is 17.4. The molecule has 0 aliphatic carbocycles. The minimum absolute atomic E-state index is 0.00671. The lowest BCUT2D eigenvalue weighted by Gasteiger charge is -2.41. The minimum Gasteiger partial charge on any atom is -0.444 e. The summed E-state index contributed by atoms with van der Waals surface area (Å²) in [4.78, 5) is 87.5. The Morgan fingerprint density at radius 2 is 1.46 bits per heavy atom. The average molecular weight is 915 g/mol. The van der Waals surface area contributed by atoms with E-state index in [9.17, 15) is 28.8 Å². The number of ether oxygens (including phenoxy) is 3. The summed E-state index contributed by atoms with van der Waals surface area (Å²) >= 11 is 0. The molecule has 1 aromatic carbocycles. The van der Waals surface area contributed by atoms with Crippen LogP contribution < -0.4 is 16.0 Å². The highest BCUT2D eigenvalue weighted by molar-refractivity contribution is 5.91. The molecule has 0 unspecified atom stereocenters. The maximum absolute atomic E-state index is 14.4. The van der Waals surface area contributed by atoms with Crippen LogP contribution in [0.25, 0.3) is 0 Å². The van der Waals surface area contributed by atoms with Crippen molar-refractivity contribution in [2.24, 2.45) is 35.5 Å². The second-order valence-electron chi connectivity index (χ2n) is 20.5. The SMILES string of the molecule is CC[C@H](C)[C@@H]([C@@H](CC(=O)N1CCC[C@H]1[C@H](OC)[C@@H](C)C(=O)C[C@@H](CC(C)C)C(=O)NCc1ccc(NC(=O)OC(C)(C)C)cc1)OC)N(C)C(=O)[C@@H](NC(=O)[C@H](C(C)C)N(C)C)C(C)C. The first-order valence-corrected chi connectivity index (χ1v) is 23.8. The molecule has 9 atom stereocenters. The highest BCUT2D eigenvalue weighted by Crippen LogP contribution is 2.31. The average Bonchev–Trinajstić information content (AvgIpc) is 3.70. The third-order valence-electron chi connectivity index (χ3n) is 12.7.